The summed E-state index contributed by atoms with van der Waals surface area (Å²) in [5.41, 5.74) is 1.94. The smallest absolute Gasteiger partial charge is 0.320 e. The Hall–Kier alpha value is -2.34. The molecule has 0 saturated carbocycles. The van der Waals surface area contributed by atoms with Crippen molar-refractivity contribution in [3.63, 3.8) is 0 Å². The van der Waals surface area contributed by atoms with Gasteiger partial charge in [0.1, 0.15) is 5.82 Å². The summed E-state index contributed by atoms with van der Waals surface area (Å²) in [7, 11) is 0. The molecular weight excluding hydrogens is 256 g/mol. The minimum absolute atomic E-state index is 0.0876. The fourth-order valence-electron chi connectivity index (χ4n) is 1.85. The van der Waals surface area contributed by atoms with Gasteiger partial charge in [0.15, 0.2) is 0 Å². The summed E-state index contributed by atoms with van der Waals surface area (Å²) in [6.45, 7) is 2.59. The zero-order valence-corrected chi connectivity index (χ0v) is 11.3. The summed E-state index contributed by atoms with van der Waals surface area (Å²) in [6, 6.07) is 11.4. The van der Waals surface area contributed by atoms with Gasteiger partial charge in [0.25, 0.3) is 0 Å². The minimum Gasteiger partial charge on any atom is -0.395 e. The fraction of sp³-hybridized carbons (Fsp3) is 0.286. The van der Waals surface area contributed by atoms with Gasteiger partial charge >= 0.3 is 6.03 Å². The van der Waals surface area contributed by atoms with Crippen molar-refractivity contribution in [1.82, 2.24) is 15.1 Å². The van der Waals surface area contributed by atoms with Gasteiger partial charge < -0.3 is 10.4 Å². The van der Waals surface area contributed by atoms with Crippen LogP contribution < -0.4 is 10.6 Å². The lowest BCUT2D eigenvalue weighted by atomic mass is 10.2. The Labute approximate surface area is 117 Å². The second-order valence-corrected chi connectivity index (χ2v) is 4.42. The number of carbonyl (C=O) groups is 1. The molecule has 2 rings (SSSR count). The number of carbonyl (C=O) groups excluding carboxylic acids is 1. The van der Waals surface area contributed by atoms with Crippen molar-refractivity contribution in [3.05, 3.63) is 47.7 Å². The van der Waals surface area contributed by atoms with Gasteiger partial charge in [-0.15, -0.1) is 0 Å². The first kappa shape index (κ1) is 14.1. The van der Waals surface area contributed by atoms with Gasteiger partial charge in [0.05, 0.1) is 18.8 Å². The molecule has 0 atom stereocenters. The van der Waals surface area contributed by atoms with E-state index in [9.17, 15) is 4.79 Å². The summed E-state index contributed by atoms with van der Waals surface area (Å²) in [5, 5.41) is 18.3. The molecule has 106 valence electrons. The molecule has 2 aromatic rings. The highest BCUT2D eigenvalue weighted by Crippen LogP contribution is 2.12. The number of aliphatic hydroxyl groups excluding tert-OH is 1. The molecule has 0 fully saturated rings. The summed E-state index contributed by atoms with van der Waals surface area (Å²) in [4.78, 5) is 11.6. The Morgan fingerprint density at radius 1 is 1.35 bits per heavy atom. The van der Waals surface area contributed by atoms with Gasteiger partial charge in [-0.2, -0.15) is 5.10 Å². The second-order valence-electron chi connectivity index (χ2n) is 4.42. The largest absolute Gasteiger partial charge is 0.395 e. The molecule has 0 aliphatic rings. The Balaban J connectivity index is 2.08. The van der Waals surface area contributed by atoms with E-state index in [1.807, 2.05) is 43.3 Å². The monoisotopic (exact) mass is 274 g/mol. The Morgan fingerprint density at radius 2 is 2.10 bits per heavy atom. The Morgan fingerprint density at radius 3 is 2.80 bits per heavy atom. The predicted molar refractivity (Wildman–Crippen MR) is 76.6 cm³/mol. The molecular formula is C14H18N4O2. The maximum Gasteiger partial charge on any atom is 0.320 e. The van der Waals surface area contributed by atoms with Gasteiger partial charge in [-0.1, -0.05) is 30.3 Å². The number of benzene rings is 1. The van der Waals surface area contributed by atoms with E-state index in [0.717, 1.165) is 11.3 Å². The third-order valence-corrected chi connectivity index (χ3v) is 2.72. The second kappa shape index (κ2) is 6.72. The standard InChI is InChI=1S/C14H18N4O2/c1-11-9-13(16-14(20)15-7-8-19)18(17-11)10-12-5-3-2-4-6-12/h2-6,9,19H,7-8,10H2,1H3,(H2,15,16,20). The summed E-state index contributed by atoms with van der Waals surface area (Å²) in [6.07, 6.45) is 0. The Kier molecular flexibility index (Phi) is 4.73. The van der Waals surface area contributed by atoms with E-state index in [2.05, 4.69) is 15.7 Å². The number of hydrogen-bond donors (Lipinski definition) is 3. The summed E-state index contributed by atoms with van der Waals surface area (Å²) in [5.74, 6) is 0.627. The zero-order valence-electron chi connectivity index (χ0n) is 11.3. The molecule has 0 unspecified atom stereocenters. The quantitative estimate of drug-likeness (QED) is 0.770. The number of aliphatic hydroxyl groups is 1. The van der Waals surface area contributed by atoms with Gasteiger partial charge in [-0.3, -0.25) is 5.32 Å². The van der Waals surface area contributed by atoms with Crippen LogP contribution >= 0.6 is 0 Å². The highest BCUT2D eigenvalue weighted by molar-refractivity contribution is 5.88. The molecule has 0 spiro atoms. The van der Waals surface area contributed by atoms with Crippen LogP contribution in [-0.2, 0) is 6.54 Å². The third kappa shape index (κ3) is 3.83. The number of aryl methyl sites for hydroxylation is 1. The van der Waals surface area contributed by atoms with Crippen LogP contribution in [0.15, 0.2) is 36.4 Å². The minimum atomic E-state index is -0.353. The number of anilines is 1. The highest BCUT2D eigenvalue weighted by Gasteiger charge is 2.09. The molecule has 6 heteroatoms. The van der Waals surface area contributed by atoms with E-state index in [-0.39, 0.29) is 19.2 Å². The van der Waals surface area contributed by atoms with Gasteiger partial charge in [0.2, 0.25) is 0 Å². The molecule has 20 heavy (non-hydrogen) atoms. The first-order valence-electron chi connectivity index (χ1n) is 6.43. The summed E-state index contributed by atoms with van der Waals surface area (Å²) < 4.78 is 1.74. The molecule has 3 N–H and O–H groups in total. The number of nitrogens with zero attached hydrogens (tertiary/aromatic N) is 2. The third-order valence-electron chi connectivity index (χ3n) is 2.72. The highest BCUT2D eigenvalue weighted by atomic mass is 16.3. The van der Waals surface area contributed by atoms with Gasteiger partial charge in [-0.05, 0) is 12.5 Å². The first-order valence-corrected chi connectivity index (χ1v) is 6.43. The molecule has 0 aliphatic heterocycles. The van der Waals surface area contributed by atoms with Crippen LogP contribution in [0.2, 0.25) is 0 Å². The van der Waals surface area contributed by atoms with Crippen molar-refractivity contribution in [1.29, 1.82) is 0 Å². The molecule has 2 amide bonds. The number of hydrogen-bond acceptors (Lipinski definition) is 3. The van der Waals surface area contributed by atoms with Crippen LogP contribution in [-0.4, -0.2) is 34.1 Å². The van der Waals surface area contributed by atoms with Crippen LogP contribution in [0.3, 0.4) is 0 Å². The normalized spacial score (nSPS) is 10.3. The van der Waals surface area contributed by atoms with Crippen molar-refractivity contribution < 1.29 is 9.90 Å². The zero-order chi connectivity index (χ0) is 14.4. The van der Waals surface area contributed by atoms with Crippen molar-refractivity contribution >= 4 is 11.8 Å². The van der Waals surface area contributed by atoms with E-state index >= 15 is 0 Å². The number of urea groups is 1. The number of rotatable bonds is 5. The van der Waals surface area contributed by atoms with Crippen molar-refractivity contribution in [2.45, 2.75) is 13.5 Å². The van der Waals surface area contributed by atoms with E-state index in [4.69, 9.17) is 5.11 Å². The average Bonchev–Trinajstić information content (AvgIpc) is 2.77. The van der Waals surface area contributed by atoms with E-state index in [1.54, 1.807) is 4.68 Å². The SMILES string of the molecule is Cc1cc(NC(=O)NCCO)n(Cc2ccccc2)n1. The molecule has 6 nitrogen and oxygen atoms in total. The van der Waals surface area contributed by atoms with Crippen LogP contribution in [0.25, 0.3) is 0 Å². The molecule has 0 saturated heterocycles. The fourth-order valence-corrected chi connectivity index (χ4v) is 1.85. The van der Waals surface area contributed by atoms with Gasteiger partial charge in [-0.25, -0.2) is 9.48 Å². The maximum absolute atomic E-state index is 11.6. The topological polar surface area (TPSA) is 79.2 Å². The maximum atomic E-state index is 11.6. The van der Waals surface area contributed by atoms with Crippen LogP contribution in [0, 0.1) is 6.92 Å². The van der Waals surface area contributed by atoms with Crippen LogP contribution in [0.1, 0.15) is 11.3 Å². The van der Waals surface area contributed by atoms with Crippen LogP contribution in [0.5, 0.6) is 0 Å². The number of aromatic nitrogens is 2. The predicted octanol–water partition coefficient (Wildman–Crippen LogP) is 1.35. The lowest BCUT2D eigenvalue weighted by Gasteiger charge is -2.09. The number of nitrogens with one attached hydrogen (secondary N) is 2. The number of amides is 2. The van der Waals surface area contributed by atoms with Crippen molar-refractivity contribution in [2.24, 2.45) is 0 Å². The van der Waals surface area contributed by atoms with E-state index in [0.29, 0.717) is 12.4 Å². The van der Waals surface area contributed by atoms with Crippen LogP contribution in [0.4, 0.5) is 10.6 Å². The molecule has 1 aromatic heterocycles. The van der Waals surface area contributed by atoms with Crippen molar-refractivity contribution in [2.75, 3.05) is 18.5 Å². The summed E-state index contributed by atoms with van der Waals surface area (Å²) >= 11 is 0. The first-order chi connectivity index (χ1) is 9.69. The van der Waals surface area contributed by atoms with Gasteiger partial charge in [0, 0.05) is 12.6 Å². The van der Waals surface area contributed by atoms with E-state index < -0.39 is 0 Å². The molecule has 0 aliphatic carbocycles. The average molecular weight is 274 g/mol. The van der Waals surface area contributed by atoms with Crippen molar-refractivity contribution in [3.8, 4) is 0 Å². The molecule has 0 radical (unpaired) electrons. The molecule has 1 aromatic carbocycles. The molecule has 0 bridgehead atoms. The lowest BCUT2D eigenvalue weighted by molar-refractivity contribution is 0.244. The Bertz CT molecular complexity index is 566. The lowest BCUT2D eigenvalue weighted by Crippen LogP contribution is -2.31. The molecule has 1 heterocycles. The van der Waals surface area contributed by atoms with E-state index in [1.165, 1.54) is 0 Å².